The summed E-state index contributed by atoms with van der Waals surface area (Å²) in [6.07, 6.45) is 3.49. The standard InChI is InChI=1S/C25H27N3O3/c29-25(23-4-1-5-24(15-23)31-19-22-3-2-10-26-16-22)27-17-20-6-8-21(9-7-20)18-28-11-13-30-14-12-28/h1-10,15-16H,11-14,17-19H2,(H,27,29). The molecule has 1 aliphatic rings. The third-order valence-corrected chi connectivity index (χ3v) is 5.21. The molecule has 2 aromatic carbocycles. The lowest BCUT2D eigenvalue weighted by Crippen LogP contribution is -2.35. The van der Waals surface area contributed by atoms with Gasteiger partial charge in [-0.15, -0.1) is 0 Å². The van der Waals surface area contributed by atoms with Crippen LogP contribution in [0.25, 0.3) is 0 Å². The summed E-state index contributed by atoms with van der Waals surface area (Å²) in [6, 6.07) is 19.5. The van der Waals surface area contributed by atoms with Crippen LogP contribution >= 0.6 is 0 Å². The summed E-state index contributed by atoms with van der Waals surface area (Å²) in [5, 5.41) is 2.99. The van der Waals surface area contributed by atoms with Crippen molar-refractivity contribution in [3.63, 3.8) is 0 Å². The van der Waals surface area contributed by atoms with Crippen molar-refractivity contribution in [1.82, 2.24) is 15.2 Å². The smallest absolute Gasteiger partial charge is 0.251 e. The maximum absolute atomic E-state index is 12.6. The van der Waals surface area contributed by atoms with Gasteiger partial charge in [0.05, 0.1) is 13.2 Å². The van der Waals surface area contributed by atoms with Crippen LogP contribution in [0.15, 0.2) is 73.1 Å². The predicted molar refractivity (Wildman–Crippen MR) is 119 cm³/mol. The van der Waals surface area contributed by atoms with Gasteiger partial charge in [-0.2, -0.15) is 0 Å². The second-order valence-electron chi connectivity index (χ2n) is 7.57. The molecule has 3 aromatic rings. The zero-order valence-electron chi connectivity index (χ0n) is 17.5. The molecule has 1 N–H and O–H groups in total. The molecule has 1 saturated heterocycles. The summed E-state index contributed by atoms with van der Waals surface area (Å²) < 4.78 is 11.2. The molecule has 1 aromatic heterocycles. The molecule has 2 heterocycles. The van der Waals surface area contributed by atoms with E-state index in [1.807, 2.05) is 24.3 Å². The van der Waals surface area contributed by atoms with Crippen molar-refractivity contribution in [1.29, 1.82) is 0 Å². The topological polar surface area (TPSA) is 63.7 Å². The average Bonchev–Trinajstić information content (AvgIpc) is 2.83. The van der Waals surface area contributed by atoms with E-state index in [-0.39, 0.29) is 5.91 Å². The first kappa shape index (κ1) is 21.0. The van der Waals surface area contributed by atoms with Crippen molar-refractivity contribution in [2.75, 3.05) is 26.3 Å². The number of amides is 1. The Kier molecular flexibility index (Phi) is 7.26. The molecule has 4 rings (SSSR count). The number of rotatable bonds is 8. The normalized spacial score (nSPS) is 14.2. The van der Waals surface area contributed by atoms with Gasteiger partial charge in [-0.25, -0.2) is 0 Å². The molecule has 6 heteroatoms. The first-order chi connectivity index (χ1) is 15.3. The zero-order chi connectivity index (χ0) is 21.3. The Bertz CT molecular complexity index is 971. The maximum Gasteiger partial charge on any atom is 0.251 e. The van der Waals surface area contributed by atoms with E-state index < -0.39 is 0 Å². The van der Waals surface area contributed by atoms with Gasteiger partial charge in [0.2, 0.25) is 0 Å². The maximum atomic E-state index is 12.6. The van der Waals surface area contributed by atoms with Gasteiger partial charge >= 0.3 is 0 Å². The highest BCUT2D eigenvalue weighted by Crippen LogP contribution is 2.15. The molecule has 0 unspecified atom stereocenters. The molecule has 0 atom stereocenters. The Morgan fingerprint density at radius 3 is 2.58 bits per heavy atom. The lowest BCUT2D eigenvalue weighted by atomic mass is 10.1. The molecule has 6 nitrogen and oxygen atoms in total. The highest BCUT2D eigenvalue weighted by molar-refractivity contribution is 5.94. The third kappa shape index (κ3) is 6.38. The fourth-order valence-electron chi connectivity index (χ4n) is 3.44. The predicted octanol–water partition coefficient (Wildman–Crippen LogP) is 3.42. The van der Waals surface area contributed by atoms with E-state index in [1.165, 1.54) is 5.56 Å². The van der Waals surface area contributed by atoms with E-state index in [2.05, 4.69) is 39.5 Å². The molecule has 0 radical (unpaired) electrons. The van der Waals surface area contributed by atoms with Crippen LogP contribution in [0.2, 0.25) is 0 Å². The molecule has 31 heavy (non-hydrogen) atoms. The lowest BCUT2D eigenvalue weighted by molar-refractivity contribution is 0.0342. The number of aromatic nitrogens is 1. The monoisotopic (exact) mass is 417 g/mol. The number of nitrogens with zero attached hydrogens (tertiary/aromatic N) is 2. The summed E-state index contributed by atoms with van der Waals surface area (Å²) in [6.45, 7) is 5.39. The first-order valence-corrected chi connectivity index (χ1v) is 10.5. The minimum absolute atomic E-state index is 0.121. The van der Waals surface area contributed by atoms with Crippen molar-refractivity contribution in [3.05, 3.63) is 95.3 Å². The fourth-order valence-corrected chi connectivity index (χ4v) is 3.44. The molecule has 160 valence electrons. The van der Waals surface area contributed by atoms with Crippen LogP contribution in [0.4, 0.5) is 0 Å². The molecule has 1 aliphatic heterocycles. The van der Waals surface area contributed by atoms with Gasteiger partial charge in [-0.3, -0.25) is 14.7 Å². The van der Waals surface area contributed by atoms with Crippen molar-refractivity contribution >= 4 is 5.91 Å². The second kappa shape index (κ2) is 10.7. The largest absolute Gasteiger partial charge is 0.489 e. The number of hydrogen-bond acceptors (Lipinski definition) is 5. The van der Waals surface area contributed by atoms with Gasteiger partial charge < -0.3 is 14.8 Å². The fraction of sp³-hybridized carbons (Fsp3) is 0.280. The van der Waals surface area contributed by atoms with E-state index in [1.54, 1.807) is 24.5 Å². The van der Waals surface area contributed by atoms with Crippen LogP contribution in [0.5, 0.6) is 5.75 Å². The molecule has 0 aliphatic carbocycles. The van der Waals surface area contributed by atoms with Gasteiger partial charge in [0.25, 0.3) is 5.91 Å². The van der Waals surface area contributed by atoms with Crippen molar-refractivity contribution in [2.24, 2.45) is 0 Å². The molecular weight excluding hydrogens is 390 g/mol. The SMILES string of the molecule is O=C(NCc1ccc(CN2CCOCC2)cc1)c1cccc(OCc2cccnc2)c1. The van der Waals surface area contributed by atoms with Crippen molar-refractivity contribution in [3.8, 4) is 5.75 Å². The number of carbonyl (C=O) groups excluding carboxylic acids is 1. The molecule has 1 amide bonds. The molecule has 0 spiro atoms. The summed E-state index contributed by atoms with van der Waals surface area (Å²) in [4.78, 5) is 19.1. The minimum Gasteiger partial charge on any atom is -0.489 e. The number of pyridine rings is 1. The average molecular weight is 418 g/mol. The number of hydrogen-bond donors (Lipinski definition) is 1. The number of benzene rings is 2. The summed E-state index contributed by atoms with van der Waals surface area (Å²) >= 11 is 0. The third-order valence-electron chi connectivity index (χ3n) is 5.21. The Balaban J connectivity index is 1.27. The van der Waals surface area contributed by atoms with E-state index in [0.717, 1.165) is 44.0 Å². The molecular formula is C25H27N3O3. The summed E-state index contributed by atoms with van der Waals surface area (Å²) in [5.74, 6) is 0.535. The highest BCUT2D eigenvalue weighted by atomic mass is 16.5. The quantitative estimate of drug-likeness (QED) is 0.609. The number of morpholine rings is 1. The van der Waals surface area contributed by atoms with E-state index in [0.29, 0.717) is 24.5 Å². The molecule has 1 fully saturated rings. The summed E-state index contributed by atoms with van der Waals surface area (Å²) in [7, 11) is 0. The molecule has 0 saturated carbocycles. The van der Waals surface area contributed by atoms with Crippen LogP contribution in [0.3, 0.4) is 0 Å². The van der Waals surface area contributed by atoms with Gasteiger partial charge in [-0.05, 0) is 35.4 Å². The van der Waals surface area contributed by atoms with Crippen molar-refractivity contribution < 1.29 is 14.3 Å². The van der Waals surface area contributed by atoms with E-state index in [9.17, 15) is 4.79 Å². The zero-order valence-corrected chi connectivity index (χ0v) is 17.5. The number of carbonyl (C=O) groups is 1. The number of nitrogens with one attached hydrogen (secondary N) is 1. The van der Waals surface area contributed by atoms with E-state index >= 15 is 0 Å². The Morgan fingerprint density at radius 1 is 1.00 bits per heavy atom. The number of ether oxygens (including phenoxy) is 2. The van der Waals surface area contributed by atoms with Crippen LogP contribution in [-0.2, 0) is 24.4 Å². The van der Waals surface area contributed by atoms with Crippen LogP contribution in [0.1, 0.15) is 27.0 Å². The molecule has 0 bridgehead atoms. The van der Waals surface area contributed by atoms with Crippen LogP contribution in [0, 0.1) is 0 Å². The van der Waals surface area contributed by atoms with Gasteiger partial charge in [0, 0.05) is 49.7 Å². The minimum atomic E-state index is -0.121. The first-order valence-electron chi connectivity index (χ1n) is 10.5. The van der Waals surface area contributed by atoms with Gasteiger partial charge in [-0.1, -0.05) is 36.4 Å². The Labute approximate surface area is 182 Å². The Morgan fingerprint density at radius 2 is 1.81 bits per heavy atom. The van der Waals surface area contributed by atoms with Crippen molar-refractivity contribution in [2.45, 2.75) is 19.7 Å². The van der Waals surface area contributed by atoms with E-state index in [4.69, 9.17) is 9.47 Å². The second-order valence-corrected chi connectivity index (χ2v) is 7.57. The Hall–Kier alpha value is -3.22. The van der Waals surface area contributed by atoms with Crippen LogP contribution < -0.4 is 10.1 Å². The van der Waals surface area contributed by atoms with Gasteiger partial charge in [0.15, 0.2) is 0 Å². The lowest BCUT2D eigenvalue weighted by Gasteiger charge is -2.26. The van der Waals surface area contributed by atoms with Gasteiger partial charge in [0.1, 0.15) is 12.4 Å². The van der Waals surface area contributed by atoms with Crippen LogP contribution in [-0.4, -0.2) is 42.1 Å². The highest BCUT2D eigenvalue weighted by Gasteiger charge is 2.11. The summed E-state index contributed by atoms with van der Waals surface area (Å²) in [5.41, 5.74) is 3.90.